The van der Waals surface area contributed by atoms with Gasteiger partial charge in [-0.25, -0.2) is 4.98 Å². The summed E-state index contributed by atoms with van der Waals surface area (Å²) in [6.45, 7) is 2.57. The number of hydrogen-bond acceptors (Lipinski definition) is 3. The maximum atomic E-state index is 5.60. The average Bonchev–Trinajstić information content (AvgIpc) is 2.83. The molecule has 0 aliphatic rings. The molecule has 1 aromatic heterocycles. The largest absolute Gasteiger partial charge is 0.375 e. The molecule has 0 bridgehead atoms. The van der Waals surface area contributed by atoms with Crippen LogP contribution in [0.15, 0.2) is 42.7 Å². The molecule has 0 unspecified atom stereocenters. The minimum atomic E-state index is 0.464. The Labute approximate surface area is 101 Å². The van der Waals surface area contributed by atoms with Crippen LogP contribution in [0.2, 0.25) is 0 Å². The summed E-state index contributed by atoms with van der Waals surface area (Å²) >= 11 is 0. The quantitative estimate of drug-likeness (QED) is 0.768. The van der Waals surface area contributed by atoms with Crippen LogP contribution in [0.3, 0.4) is 0 Å². The van der Waals surface area contributed by atoms with E-state index in [0.717, 1.165) is 12.4 Å². The third-order valence-electron chi connectivity index (χ3n) is 2.57. The van der Waals surface area contributed by atoms with Crippen LogP contribution in [0.4, 0.5) is 0 Å². The van der Waals surface area contributed by atoms with Gasteiger partial charge in [-0.1, -0.05) is 30.3 Å². The number of rotatable bonds is 6. The lowest BCUT2D eigenvalue weighted by Gasteiger charge is -2.07. The fourth-order valence-corrected chi connectivity index (χ4v) is 1.66. The summed E-state index contributed by atoms with van der Waals surface area (Å²) < 4.78 is 7.62. The number of benzene rings is 1. The molecule has 0 aliphatic heterocycles. The van der Waals surface area contributed by atoms with Gasteiger partial charge < -0.3 is 15.0 Å². The monoisotopic (exact) mass is 231 g/mol. The molecule has 4 heteroatoms. The zero-order valence-corrected chi connectivity index (χ0v) is 9.75. The zero-order chi connectivity index (χ0) is 11.9. The lowest BCUT2D eigenvalue weighted by Crippen LogP contribution is -2.11. The van der Waals surface area contributed by atoms with Gasteiger partial charge in [-0.15, -0.1) is 0 Å². The molecule has 0 radical (unpaired) electrons. The molecule has 0 fully saturated rings. The third kappa shape index (κ3) is 3.41. The third-order valence-corrected chi connectivity index (χ3v) is 2.57. The number of aromatic nitrogens is 2. The predicted octanol–water partition coefficient (Wildman–Crippen LogP) is 1.56. The highest BCUT2D eigenvalue weighted by molar-refractivity contribution is 5.13. The topological polar surface area (TPSA) is 53.1 Å². The fraction of sp³-hybridized carbons (Fsp3) is 0.308. The molecule has 0 saturated carbocycles. The van der Waals surface area contributed by atoms with E-state index in [1.54, 1.807) is 6.20 Å². The van der Waals surface area contributed by atoms with Crippen molar-refractivity contribution in [3.8, 4) is 0 Å². The molecule has 1 aromatic carbocycles. The van der Waals surface area contributed by atoms with Crippen molar-refractivity contribution in [2.24, 2.45) is 5.73 Å². The van der Waals surface area contributed by atoms with E-state index in [-0.39, 0.29) is 0 Å². The van der Waals surface area contributed by atoms with E-state index in [1.807, 2.05) is 29.0 Å². The second-order valence-electron chi connectivity index (χ2n) is 3.78. The second-order valence-corrected chi connectivity index (χ2v) is 3.78. The van der Waals surface area contributed by atoms with Crippen molar-refractivity contribution in [1.29, 1.82) is 0 Å². The standard InChI is InChI=1S/C13H17N3O/c14-10-13-15-6-7-16(13)8-9-17-11-12-4-2-1-3-5-12/h1-7H,8-11,14H2. The Kier molecular flexibility index (Phi) is 4.30. The summed E-state index contributed by atoms with van der Waals surface area (Å²) in [5, 5.41) is 0. The maximum Gasteiger partial charge on any atom is 0.122 e. The second kappa shape index (κ2) is 6.18. The molecule has 90 valence electrons. The van der Waals surface area contributed by atoms with Crippen molar-refractivity contribution in [2.75, 3.05) is 6.61 Å². The minimum absolute atomic E-state index is 0.464. The van der Waals surface area contributed by atoms with E-state index < -0.39 is 0 Å². The van der Waals surface area contributed by atoms with Gasteiger partial charge in [0.1, 0.15) is 5.82 Å². The maximum absolute atomic E-state index is 5.60. The molecule has 0 aliphatic carbocycles. The molecule has 1 heterocycles. The molecular formula is C13H17N3O. The number of nitrogens with two attached hydrogens (primary N) is 1. The van der Waals surface area contributed by atoms with Gasteiger partial charge in [0, 0.05) is 18.9 Å². The first kappa shape index (κ1) is 11.8. The van der Waals surface area contributed by atoms with Gasteiger partial charge in [-0.2, -0.15) is 0 Å². The normalized spacial score (nSPS) is 10.6. The van der Waals surface area contributed by atoms with Gasteiger partial charge in [0.2, 0.25) is 0 Å². The van der Waals surface area contributed by atoms with Gasteiger partial charge in [0.15, 0.2) is 0 Å². The summed E-state index contributed by atoms with van der Waals surface area (Å²) in [4.78, 5) is 4.15. The van der Waals surface area contributed by atoms with E-state index in [9.17, 15) is 0 Å². The predicted molar refractivity (Wildman–Crippen MR) is 66.2 cm³/mol. The summed E-state index contributed by atoms with van der Waals surface area (Å²) in [5.74, 6) is 0.897. The lowest BCUT2D eigenvalue weighted by molar-refractivity contribution is 0.112. The lowest BCUT2D eigenvalue weighted by atomic mass is 10.2. The van der Waals surface area contributed by atoms with Crippen LogP contribution in [-0.4, -0.2) is 16.2 Å². The average molecular weight is 231 g/mol. The minimum Gasteiger partial charge on any atom is -0.375 e. The Balaban J connectivity index is 1.73. The SMILES string of the molecule is NCc1nccn1CCOCc1ccccc1. The highest BCUT2D eigenvalue weighted by Gasteiger charge is 1.99. The smallest absolute Gasteiger partial charge is 0.122 e. The Bertz CT molecular complexity index is 439. The molecule has 4 nitrogen and oxygen atoms in total. The fourth-order valence-electron chi connectivity index (χ4n) is 1.66. The molecule has 2 N–H and O–H groups in total. The number of imidazole rings is 1. The van der Waals surface area contributed by atoms with Gasteiger partial charge >= 0.3 is 0 Å². The number of ether oxygens (including phenoxy) is 1. The first-order valence-corrected chi connectivity index (χ1v) is 5.72. The van der Waals surface area contributed by atoms with Gasteiger partial charge in [-0.3, -0.25) is 0 Å². The molecule has 0 atom stereocenters. The summed E-state index contributed by atoms with van der Waals surface area (Å²) in [5.41, 5.74) is 6.76. The first-order valence-electron chi connectivity index (χ1n) is 5.72. The Morgan fingerprint density at radius 3 is 2.82 bits per heavy atom. The van der Waals surface area contributed by atoms with Crippen molar-refractivity contribution in [3.63, 3.8) is 0 Å². The van der Waals surface area contributed by atoms with Gasteiger partial charge in [0.05, 0.1) is 19.8 Å². The van der Waals surface area contributed by atoms with Crippen molar-refractivity contribution >= 4 is 0 Å². The number of hydrogen-bond donors (Lipinski definition) is 1. The Hall–Kier alpha value is -1.65. The highest BCUT2D eigenvalue weighted by Crippen LogP contribution is 2.01. The van der Waals surface area contributed by atoms with Crippen LogP contribution in [0.1, 0.15) is 11.4 Å². The van der Waals surface area contributed by atoms with E-state index in [0.29, 0.717) is 19.8 Å². The molecule has 17 heavy (non-hydrogen) atoms. The summed E-state index contributed by atoms with van der Waals surface area (Å²) in [7, 11) is 0. The van der Waals surface area contributed by atoms with Crippen LogP contribution in [-0.2, 0) is 24.4 Å². The van der Waals surface area contributed by atoms with Crippen molar-refractivity contribution < 1.29 is 4.74 Å². The first-order chi connectivity index (χ1) is 8.40. The van der Waals surface area contributed by atoms with E-state index in [1.165, 1.54) is 5.56 Å². The molecule has 0 amide bonds. The Morgan fingerprint density at radius 1 is 1.24 bits per heavy atom. The molecular weight excluding hydrogens is 214 g/mol. The highest BCUT2D eigenvalue weighted by atomic mass is 16.5. The van der Waals surface area contributed by atoms with Crippen LogP contribution in [0.25, 0.3) is 0 Å². The van der Waals surface area contributed by atoms with Crippen molar-refractivity contribution in [2.45, 2.75) is 19.7 Å². The molecule has 0 spiro atoms. The van der Waals surface area contributed by atoms with Crippen LogP contribution in [0, 0.1) is 0 Å². The van der Waals surface area contributed by atoms with Gasteiger partial charge in [0.25, 0.3) is 0 Å². The zero-order valence-electron chi connectivity index (χ0n) is 9.75. The van der Waals surface area contributed by atoms with E-state index in [2.05, 4.69) is 17.1 Å². The summed E-state index contributed by atoms with van der Waals surface area (Å²) in [6.07, 6.45) is 3.69. The number of nitrogens with zero attached hydrogens (tertiary/aromatic N) is 2. The van der Waals surface area contributed by atoms with Crippen LogP contribution >= 0.6 is 0 Å². The molecule has 2 rings (SSSR count). The Morgan fingerprint density at radius 2 is 2.06 bits per heavy atom. The van der Waals surface area contributed by atoms with E-state index in [4.69, 9.17) is 10.5 Å². The molecule has 2 aromatic rings. The van der Waals surface area contributed by atoms with Crippen molar-refractivity contribution in [1.82, 2.24) is 9.55 Å². The molecule has 0 saturated heterocycles. The van der Waals surface area contributed by atoms with Crippen molar-refractivity contribution in [3.05, 3.63) is 54.1 Å². The van der Waals surface area contributed by atoms with Crippen LogP contribution < -0.4 is 5.73 Å². The van der Waals surface area contributed by atoms with Crippen LogP contribution in [0.5, 0.6) is 0 Å². The van der Waals surface area contributed by atoms with E-state index >= 15 is 0 Å². The van der Waals surface area contributed by atoms with Gasteiger partial charge in [-0.05, 0) is 5.56 Å². The summed E-state index contributed by atoms with van der Waals surface area (Å²) in [6, 6.07) is 10.1.